The minimum atomic E-state index is 0.122. The zero-order valence-corrected chi connectivity index (χ0v) is 11.3. The molecule has 0 aliphatic carbocycles. The highest BCUT2D eigenvalue weighted by Crippen LogP contribution is 2.33. The standard InChI is InChI=1S/C13H25N3O/c1-10(2)11(3)15-12(17)16-6-4-5-13(9-16)7-14-8-13/h10-11,14H,4-9H2,1-3H3,(H,15,17). The summed E-state index contributed by atoms with van der Waals surface area (Å²) in [5.41, 5.74) is 0.386. The van der Waals surface area contributed by atoms with Crippen LogP contribution >= 0.6 is 0 Å². The lowest BCUT2D eigenvalue weighted by molar-refractivity contribution is 0.0575. The van der Waals surface area contributed by atoms with Crippen molar-refractivity contribution in [2.75, 3.05) is 26.2 Å². The zero-order valence-electron chi connectivity index (χ0n) is 11.3. The van der Waals surface area contributed by atoms with Crippen LogP contribution in [0.15, 0.2) is 0 Å². The van der Waals surface area contributed by atoms with Gasteiger partial charge in [-0.25, -0.2) is 4.79 Å². The van der Waals surface area contributed by atoms with Gasteiger partial charge in [-0.1, -0.05) is 13.8 Å². The van der Waals surface area contributed by atoms with Gasteiger partial charge >= 0.3 is 6.03 Å². The number of nitrogens with one attached hydrogen (secondary N) is 2. The second kappa shape index (κ2) is 4.84. The largest absolute Gasteiger partial charge is 0.335 e. The Morgan fingerprint density at radius 2 is 2.06 bits per heavy atom. The second-order valence-corrected chi connectivity index (χ2v) is 6.11. The third-order valence-corrected chi connectivity index (χ3v) is 4.30. The topological polar surface area (TPSA) is 44.4 Å². The van der Waals surface area contributed by atoms with Gasteiger partial charge in [-0.3, -0.25) is 0 Å². The van der Waals surface area contributed by atoms with E-state index in [2.05, 4.69) is 31.4 Å². The van der Waals surface area contributed by atoms with E-state index >= 15 is 0 Å². The van der Waals surface area contributed by atoms with Crippen LogP contribution in [-0.4, -0.2) is 43.2 Å². The molecule has 2 fully saturated rings. The molecule has 0 aromatic carbocycles. The van der Waals surface area contributed by atoms with Crippen molar-refractivity contribution in [3.63, 3.8) is 0 Å². The van der Waals surface area contributed by atoms with Gasteiger partial charge in [0.1, 0.15) is 0 Å². The average Bonchev–Trinajstić information content (AvgIpc) is 2.27. The molecule has 1 unspecified atom stereocenters. The third kappa shape index (κ3) is 2.73. The normalized spacial score (nSPS) is 24.6. The number of urea groups is 1. The first kappa shape index (κ1) is 12.7. The van der Waals surface area contributed by atoms with Crippen molar-refractivity contribution in [3.8, 4) is 0 Å². The molecule has 2 aliphatic rings. The summed E-state index contributed by atoms with van der Waals surface area (Å²) in [6, 6.07) is 0.372. The molecule has 0 saturated carbocycles. The highest BCUT2D eigenvalue weighted by Gasteiger charge is 2.41. The summed E-state index contributed by atoms with van der Waals surface area (Å²) in [4.78, 5) is 14.1. The highest BCUT2D eigenvalue weighted by molar-refractivity contribution is 5.74. The molecule has 2 rings (SSSR count). The Morgan fingerprint density at radius 1 is 1.35 bits per heavy atom. The summed E-state index contributed by atoms with van der Waals surface area (Å²) in [5.74, 6) is 0.489. The van der Waals surface area contributed by atoms with Crippen molar-refractivity contribution >= 4 is 6.03 Å². The van der Waals surface area contributed by atoms with E-state index in [1.165, 1.54) is 6.42 Å². The second-order valence-electron chi connectivity index (χ2n) is 6.11. The fourth-order valence-corrected chi connectivity index (χ4v) is 2.60. The van der Waals surface area contributed by atoms with Crippen molar-refractivity contribution in [2.45, 2.75) is 39.7 Å². The van der Waals surface area contributed by atoms with Crippen molar-refractivity contribution in [2.24, 2.45) is 11.3 Å². The van der Waals surface area contributed by atoms with Crippen LogP contribution in [0.5, 0.6) is 0 Å². The molecule has 2 saturated heterocycles. The van der Waals surface area contributed by atoms with Crippen molar-refractivity contribution in [1.82, 2.24) is 15.5 Å². The van der Waals surface area contributed by atoms with E-state index in [0.29, 0.717) is 11.3 Å². The maximum Gasteiger partial charge on any atom is 0.317 e. The lowest BCUT2D eigenvalue weighted by atomic mass is 9.75. The predicted octanol–water partition coefficient (Wildman–Crippen LogP) is 1.43. The molecule has 2 aliphatic heterocycles. The minimum absolute atomic E-state index is 0.122. The number of amides is 2. The van der Waals surface area contributed by atoms with Gasteiger partial charge in [0.25, 0.3) is 0 Å². The van der Waals surface area contributed by atoms with Gasteiger partial charge in [-0.15, -0.1) is 0 Å². The Labute approximate surface area is 104 Å². The Morgan fingerprint density at radius 3 is 2.59 bits per heavy atom. The van der Waals surface area contributed by atoms with Gasteiger partial charge in [-0.05, 0) is 25.7 Å². The number of hydrogen-bond acceptors (Lipinski definition) is 2. The summed E-state index contributed by atoms with van der Waals surface area (Å²) < 4.78 is 0. The van der Waals surface area contributed by atoms with Gasteiger partial charge in [0.2, 0.25) is 0 Å². The molecule has 1 atom stereocenters. The molecular formula is C13H25N3O. The lowest BCUT2D eigenvalue weighted by Gasteiger charge is -2.49. The van der Waals surface area contributed by atoms with Crippen molar-refractivity contribution < 1.29 is 4.79 Å². The van der Waals surface area contributed by atoms with Crippen LogP contribution in [0.25, 0.3) is 0 Å². The summed E-state index contributed by atoms with van der Waals surface area (Å²) in [5, 5.41) is 6.43. The van der Waals surface area contributed by atoms with E-state index in [4.69, 9.17) is 0 Å². The maximum absolute atomic E-state index is 12.1. The number of nitrogens with zero attached hydrogens (tertiary/aromatic N) is 1. The summed E-state index contributed by atoms with van der Waals surface area (Å²) in [6.45, 7) is 10.4. The van der Waals surface area contributed by atoms with E-state index < -0.39 is 0 Å². The summed E-state index contributed by atoms with van der Waals surface area (Å²) in [7, 11) is 0. The Kier molecular flexibility index (Phi) is 3.61. The van der Waals surface area contributed by atoms with E-state index in [9.17, 15) is 4.79 Å². The van der Waals surface area contributed by atoms with Crippen LogP contribution in [-0.2, 0) is 0 Å². The number of carbonyl (C=O) groups excluding carboxylic acids is 1. The molecule has 0 aromatic heterocycles. The number of hydrogen-bond donors (Lipinski definition) is 2. The number of piperidine rings is 1. The van der Waals surface area contributed by atoms with Gasteiger partial charge in [0.05, 0.1) is 0 Å². The molecule has 2 heterocycles. The molecule has 98 valence electrons. The lowest BCUT2D eigenvalue weighted by Crippen LogP contribution is -2.63. The molecular weight excluding hydrogens is 214 g/mol. The van der Waals surface area contributed by atoms with Gasteiger partial charge in [0.15, 0.2) is 0 Å². The fourth-order valence-electron chi connectivity index (χ4n) is 2.60. The fraction of sp³-hybridized carbons (Fsp3) is 0.923. The molecule has 0 bridgehead atoms. The molecule has 0 radical (unpaired) electrons. The Bertz CT molecular complexity index is 286. The molecule has 1 spiro atoms. The first-order valence-corrected chi connectivity index (χ1v) is 6.79. The molecule has 2 amide bonds. The van der Waals surface area contributed by atoms with Crippen LogP contribution in [0, 0.1) is 11.3 Å². The maximum atomic E-state index is 12.1. The summed E-state index contributed by atoms with van der Waals surface area (Å²) in [6.07, 6.45) is 2.41. The van der Waals surface area contributed by atoms with Gasteiger partial charge in [0, 0.05) is 37.6 Å². The number of likely N-dealkylation sites (tertiary alicyclic amines) is 1. The molecule has 2 N–H and O–H groups in total. The van der Waals surface area contributed by atoms with Gasteiger partial charge < -0.3 is 15.5 Å². The molecule has 0 aromatic rings. The SMILES string of the molecule is CC(C)C(C)NC(=O)N1CCCC2(CNC2)C1. The number of rotatable bonds is 2. The average molecular weight is 239 g/mol. The molecule has 17 heavy (non-hydrogen) atoms. The van der Waals surface area contributed by atoms with E-state index in [-0.39, 0.29) is 12.1 Å². The van der Waals surface area contributed by atoms with E-state index in [1.54, 1.807) is 0 Å². The molecule has 4 heteroatoms. The first-order chi connectivity index (χ1) is 8.02. The van der Waals surface area contributed by atoms with Gasteiger partial charge in [-0.2, -0.15) is 0 Å². The van der Waals surface area contributed by atoms with Crippen molar-refractivity contribution in [1.29, 1.82) is 0 Å². The Hall–Kier alpha value is -0.770. The predicted molar refractivity (Wildman–Crippen MR) is 68.9 cm³/mol. The van der Waals surface area contributed by atoms with Crippen LogP contribution in [0.2, 0.25) is 0 Å². The van der Waals surface area contributed by atoms with E-state index in [1.807, 2.05) is 4.90 Å². The number of carbonyl (C=O) groups is 1. The quantitative estimate of drug-likeness (QED) is 0.765. The molecule has 4 nitrogen and oxygen atoms in total. The van der Waals surface area contributed by atoms with Crippen LogP contribution < -0.4 is 10.6 Å². The monoisotopic (exact) mass is 239 g/mol. The van der Waals surface area contributed by atoms with E-state index in [0.717, 1.165) is 32.6 Å². The van der Waals surface area contributed by atoms with Crippen molar-refractivity contribution in [3.05, 3.63) is 0 Å². The van der Waals surface area contributed by atoms with Crippen LogP contribution in [0.4, 0.5) is 4.79 Å². The zero-order chi connectivity index (χ0) is 12.5. The van der Waals surface area contributed by atoms with Crippen LogP contribution in [0.3, 0.4) is 0 Å². The smallest absolute Gasteiger partial charge is 0.317 e. The Balaban J connectivity index is 1.86. The highest BCUT2D eigenvalue weighted by atomic mass is 16.2. The third-order valence-electron chi connectivity index (χ3n) is 4.30. The summed E-state index contributed by atoms with van der Waals surface area (Å²) >= 11 is 0. The van der Waals surface area contributed by atoms with Crippen LogP contribution in [0.1, 0.15) is 33.6 Å². The first-order valence-electron chi connectivity index (χ1n) is 6.79. The minimum Gasteiger partial charge on any atom is -0.335 e.